The first-order chi connectivity index (χ1) is 11.7. The molecule has 24 heavy (non-hydrogen) atoms. The molecule has 1 aromatic heterocycles. The SMILES string of the molecule is O=C(NC1CCNC1)N1CCC(n2c(=O)[nH]c3ccccc32)CC1. The predicted molar refractivity (Wildman–Crippen MR) is 92.2 cm³/mol. The van der Waals surface area contributed by atoms with Crippen molar-refractivity contribution in [3.63, 3.8) is 0 Å². The molecule has 2 aliphatic heterocycles. The molecule has 7 nitrogen and oxygen atoms in total. The van der Waals surface area contributed by atoms with Crippen LogP contribution in [-0.2, 0) is 0 Å². The van der Waals surface area contributed by atoms with Gasteiger partial charge < -0.3 is 20.5 Å². The van der Waals surface area contributed by atoms with Crippen molar-refractivity contribution < 1.29 is 4.79 Å². The zero-order valence-electron chi connectivity index (χ0n) is 13.6. The highest BCUT2D eigenvalue weighted by Crippen LogP contribution is 2.24. The molecule has 1 atom stereocenters. The van der Waals surface area contributed by atoms with Gasteiger partial charge in [-0.1, -0.05) is 12.1 Å². The molecule has 3 heterocycles. The lowest BCUT2D eigenvalue weighted by Crippen LogP contribution is -2.49. The standard InChI is InChI=1S/C17H23N5O2/c23-16(19-12-5-8-18-11-12)21-9-6-13(7-10-21)22-15-4-2-1-3-14(15)20-17(22)24/h1-4,12-13,18H,5-11H2,(H,19,23)(H,20,24). The Balaban J connectivity index is 1.43. The van der Waals surface area contributed by atoms with E-state index in [4.69, 9.17) is 0 Å². The first-order valence-electron chi connectivity index (χ1n) is 8.68. The maximum absolute atomic E-state index is 12.3. The van der Waals surface area contributed by atoms with E-state index >= 15 is 0 Å². The van der Waals surface area contributed by atoms with E-state index in [0.29, 0.717) is 13.1 Å². The van der Waals surface area contributed by atoms with Gasteiger partial charge in [0.05, 0.1) is 11.0 Å². The maximum atomic E-state index is 12.3. The van der Waals surface area contributed by atoms with Crippen LogP contribution in [0.25, 0.3) is 11.0 Å². The Morgan fingerprint density at radius 3 is 2.71 bits per heavy atom. The topological polar surface area (TPSA) is 82.2 Å². The molecule has 2 aliphatic rings. The van der Waals surface area contributed by atoms with E-state index < -0.39 is 0 Å². The van der Waals surface area contributed by atoms with Crippen LogP contribution < -0.4 is 16.3 Å². The van der Waals surface area contributed by atoms with Crippen LogP contribution in [0.4, 0.5) is 4.79 Å². The minimum Gasteiger partial charge on any atom is -0.334 e. The smallest absolute Gasteiger partial charge is 0.326 e. The van der Waals surface area contributed by atoms with Crippen LogP contribution in [-0.4, -0.2) is 52.7 Å². The van der Waals surface area contributed by atoms with E-state index in [1.54, 1.807) is 0 Å². The van der Waals surface area contributed by atoms with Gasteiger partial charge in [-0.25, -0.2) is 9.59 Å². The summed E-state index contributed by atoms with van der Waals surface area (Å²) in [6.45, 7) is 3.19. The van der Waals surface area contributed by atoms with Gasteiger partial charge in [-0.2, -0.15) is 0 Å². The van der Waals surface area contributed by atoms with Gasteiger partial charge in [0.15, 0.2) is 0 Å². The molecule has 128 valence electrons. The summed E-state index contributed by atoms with van der Waals surface area (Å²) in [5.41, 5.74) is 1.76. The summed E-state index contributed by atoms with van der Waals surface area (Å²) in [5, 5.41) is 6.34. The van der Waals surface area contributed by atoms with Crippen LogP contribution in [0, 0.1) is 0 Å². The Labute approximate surface area is 140 Å². The van der Waals surface area contributed by atoms with Crippen molar-refractivity contribution in [3.05, 3.63) is 34.7 Å². The average Bonchev–Trinajstić information content (AvgIpc) is 3.21. The van der Waals surface area contributed by atoms with E-state index in [-0.39, 0.29) is 23.8 Å². The second kappa shape index (κ2) is 6.32. The van der Waals surface area contributed by atoms with Crippen LogP contribution >= 0.6 is 0 Å². The van der Waals surface area contributed by atoms with E-state index in [0.717, 1.165) is 43.4 Å². The number of H-pyrrole nitrogens is 1. The number of nitrogens with zero attached hydrogens (tertiary/aromatic N) is 2. The summed E-state index contributed by atoms with van der Waals surface area (Å²) in [6.07, 6.45) is 2.60. The van der Waals surface area contributed by atoms with Crippen molar-refractivity contribution in [2.75, 3.05) is 26.2 Å². The monoisotopic (exact) mass is 329 g/mol. The molecule has 1 aromatic carbocycles. The van der Waals surface area contributed by atoms with Gasteiger partial charge in [-0.05, 0) is 37.9 Å². The first kappa shape index (κ1) is 15.3. The normalized spacial score (nSPS) is 22.2. The van der Waals surface area contributed by atoms with Gasteiger partial charge in [-0.15, -0.1) is 0 Å². The van der Waals surface area contributed by atoms with Gasteiger partial charge in [-0.3, -0.25) is 4.57 Å². The Bertz CT molecular complexity index is 782. The fraction of sp³-hybridized carbons (Fsp3) is 0.529. The quantitative estimate of drug-likeness (QED) is 0.770. The van der Waals surface area contributed by atoms with E-state index in [9.17, 15) is 9.59 Å². The number of carbonyl (C=O) groups excluding carboxylic acids is 1. The highest BCUT2D eigenvalue weighted by atomic mass is 16.2. The molecule has 7 heteroatoms. The zero-order valence-corrected chi connectivity index (χ0v) is 13.6. The molecular formula is C17H23N5O2. The van der Waals surface area contributed by atoms with Gasteiger partial charge in [0, 0.05) is 31.7 Å². The molecule has 3 N–H and O–H groups in total. The van der Waals surface area contributed by atoms with Crippen LogP contribution in [0.15, 0.2) is 29.1 Å². The zero-order chi connectivity index (χ0) is 16.5. The molecule has 0 radical (unpaired) electrons. The second-order valence-corrected chi connectivity index (χ2v) is 6.67. The average molecular weight is 329 g/mol. The third-order valence-electron chi connectivity index (χ3n) is 5.13. The molecule has 4 rings (SSSR count). The predicted octanol–water partition coefficient (Wildman–Crippen LogP) is 1.04. The number of aromatic nitrogens is 2. The lowest BCUT2D eigenvalue weighted by Gasteiger charge is -2.33. The Morgan fingerprint density at radius 2 is 1.96 bits per heavy atom. The van der Waals surface area contributed by atoms with E-state index in [2.05, 4.69) is 15.6 Å². The van der Waals surface area contributed by atoms with Crippen molar-refractivity contribution in [2.24, 2.45) is 0 Å². The number of fused-ring (bicyclic) bond motifs is 1. The highest BCUT2D eigenvalue weighted by Gasteiger charge is 2.27. The number of amides is 2. The Morgan fingerprint density at radius 1 is 1.17 bits per heavy atom. The molecule has 0 bridgehead atoms. The second-order valence-electron chi connectivity index (χ2n) is 6.67. The first-order valence-corrected chi connectivity index (χ1v) is 8.68. The summed E-state index contributed by atoms with van der Waals surface area (Å²) in [5.74, 6) is 0. The third kappa shape index (κ3) is 2.80. The molecule has 0 aliphatic carbocycles. The van der Waals surface area contributed by atoms with Gasteiger partial charge in [0.2, 0.25) is 0 Å². The van der Waals surface area contributed by atoms with Crippen LogP contribution in [0.5, 0.6) is 0 Å². The van der Waals surface area contributed by atoms with Crippen molar-refractivity contribution in [2.45, 2.75) is 31.3 Å². The van der Waals surface area contributed by atoms with Crippen molar-refractivity contribution in [3.8, 4) is 0 Å². The summed E-state index contributed by atoms with van der Waals surface area (Å²) in [4.78, 5) is 29.4. The number of hydrogen-bond acceptors (Lipinski definition) is 3. The van der Waals surface area contributed by atoms with Crippen LogP contribution in [0.2, 0.25) is 0 Å². The summed E-state index contributed by atoms with van der Waals surface area (Å²) in [6, 6.07) is 8.17. The number of piperidine rings is 1. The molecule has 0 spiro atoms. The van der Waals surface area contributed by atoms with Crippen LogP contribution in [0.1, 0.15) is 25.3 Å². The van der Waals surface area contributed by atoms with Crippen molar-refractivity contribution >= 4 is 17.1 Å². The molecule has 2 fully saturated rings. The fourth-order valence-electron chi connectivity index (χ4n) is 3.81. The van der Waals surface area contributed by atoms with Crippen molar-refractivity contribution in [1.29, 1.82) is 0 Å². The van der Waals surface area contributed by atoms with Gasteiger partial charge in [0.25, 0.3) is 0 Å². The van der Waals surface area contributed by atoms with Crippen molar-refractivity contribution in [1.82, 2.24) is 25.1 Å². The minimum atomic E-state index is -0.0591. The number of carbonyl (C=O) groups is 1. The molecular weight excluding hydrogens is 306 g/mol. The number of urea groups is 1. The Hall–Kier alpha value is -2.28. The molecule has 2 aromatic rings. The van der Waals surface area contributed by atoms with Gasteiger partial charge >= 0.3 is 11.7 Å². The maximum Gasteiger partial charge on any atom is 0.326 e. The minimum absolute atomic E-state index is 0.0217. The number of likely N-dealkylation sites (tertiary alicyclic amines) is 1. The summed E-state index contributed by atoms with van der Waals surface area (Å²) >= 11 is 0. The number of rotatable bonds is 2. The van der Waals surface area contributed by atoms with Crippen LogP contribution in [0.3, 0.4) is 0 Å². The molecule has 1 unspecified atom stereocenters. The number of imidazole rings is 1. The number of nitrogens with one attached hydrogen (secondary N) is 3. The Kier molecular flexibility index (Phi) is 4.02. The van der Waals surface area contributed by atoms with E-state index in [1.807, 2.05) is 33.7 Å². The summed E-state index contributed by atoms with van der Waals surface area (Å²) in [7, 11) is 0. The largest absolute Gasteiger partial charge is 0.334 e. The third-order valence-corrected chi connectivity index (χ3v) is 5.13. The highest BCUT2D eigenvalue weighted by molar-refractivity contribution is 5.75. The molecule has 2 saturated heterocycles. The van der Waals surface area contributed by atoms with Gasteiger partial charge in [0.1, 0.15) is 0 Å². The number of para-hydroxylation sites is 2. The number of aromatic amines is 1. The number of hydrogen-bond donors (Lipinski definition) is 3. The molecule has 2 amide bonds. The fourth-order valence-corrected chi connectivity index (χ4v) is 3.81. The molecule has 0 saturated carbocycles. The van der Waals surface area contributed by atoms with E-state index in [1.165, 1.54) is 0 Å². The number of benzene rings is 1. The lowest BCUT2D eigenvalue weighted by molar-refractivity contribution is 0.169. The lowest BCUT2D eigenvalue weighted by atomic mass is 10.0. The summed E-state index contributed by atoms with van der Waals surface area (Å²) < 4.78 is 1.85.